The summed E-state index contributed by atoms with van der Waals surface area (Å²) in [7, 11) is 0. The predicted octanol–water partition coefficient (Wildman–Crippen LogP) is 33.6. The van der Waals surface area contributed by atoms with Crippen molar-refractivity contribution in [3.05, 3.63) is 400 Å². The summed E-state index contributed by atoms with van der Waals surface area (Å²) in [6, 6.07) is 58.1. The molecule has 0 aromatic heterocycles. The van der Waals surface area contributed by atoms with Gasteiger partial charge in [-0.25, -0.2) is 35.1 Å². The summed E-state index contributed by atoms with van der Waals surface area (Å²) in [5, 5.41) is 4.00. The van der Waals surface area contributed by atoms with Gasteiger partial charge in [-0.05, 0) is 322 Å². The fourth-order valence-corrected chi connectivity index (χ4v) is 16.9. The van der Waals surface area contributed by atoms with Crippen LogP contribution < -0.4 is 18.9 Å². The molecular formula is C109H87F19O4. The molecule has 0 saturated heterocycles. The van der Waals surface area contributed by atoms with Crippen molar-refractivity contribution in [3.8, 4) is 67.5 Å². The van der Waals surface area contributed by atoms with E-state index in [0.717, 1.165) is 155 Å². The first-order chi connectivity index (χ1) is 61.8. The number of ether oxygens (including phenoxy) is 4. The van der Waals surface area contributed by atoms with Gasteiger partial charge < -0.3 is 18.9 Å². The van der Waals surface area contributed by atoms with Gasteiger partial charge in [0.15, 0.2) is 0 Å². The van der Waals surface area contributed by atoms with Gasteiger partial charge in [0.1, 0.15) is 75.1 Å². The molecule has 0 bridgehead atoms. The highest BCUT2D eigenvalue weighted by Crippen LogP contribution is 2.46. The Morgan fingerprint density at radius 2 is 0.455 bits per heavy atom. The van der Waals surface area contributed by atoms with Gasteiger partial charge >= 0.3 is 30.6 Å². The van der Waals surface area contributed by atoms with Crippen molar-refractivity contribution in [2.45, 2.75) is 141 Å². The van der Waals surface area contributed by atoms with Crippen LogP contribution in [0.1, 0.15) is 117 Å². The SMILES string of the molecule is Cc1cc(C)c(-c2ccc3c(F)c(C(F)(F)Oc4cc(F)c(C)c(F)c4)c(F)cc3c2)c(C)c1.Cc1cc(C)c(-c2ccc3cc(C(F)(F)Oc4cc(F)c(C)c(F)c4)ccc3c2)c(C)c1.Cc1cc(C)c(-c2ccc3cc(C(F)(F)Oc4cc(F)c(C)c(F)c4)ccc3c2)c(C)c1.Cc1cc(C)c(-c2ccc3cc(C(F)(F)Oc4ccc(C)c(C(F)(F)F)c4)ccc3c2)c(C)c1. The molecule has 0 unspecified atom stereocenters. The second-order valence-corrected chi connectivity index (χ2v) is 33.4. The molecule has 23 heteroatoms. The fraction of sp³-hybridized carbons (Fsp3) is 0.193. The van der Waals surface area contributed by atoms with E-state index in [1.165, 1.54) is 86.0 Å². The van der Waals surface area contributed by atoms with Crippen molar-refractivity contribution in [3.63, 3.8) is 0 Å². The third-order valence-corrected chi connectivity index (χ3v) is 23.0. The van der Waals surface area contributed by atoms with E-state index in [1.807, 2.05) is 104 Å². The van der Waals surface area contributed by atoms with E-state index in [1.54, 1.807) is 42.5 Å². The molecule has 16 aromatic rings. The zero-order valence-corrected chi connectivity index (χ0v) is 74.3. The quantitative estimate of drug-likeness (QED) is 0.0904. The van der Waals surface area contributed by atoms with Crippen LogP contribution in [0.4, 0.5) is 83.4 Å². The average molecular weight is 1820 g/mol. The van der Waals surface area contributed by atoms with Crippen molar-refractivity contribution >= 4 is 43.1 Å². The maximum atomic E-state index is 15.1. The molecule has 0 saturated carbocycles. The topological polar surface area (TPSA) is 36.9 Å². The van der Waals surface area contributed by atoms with Crippen LogP contribution in [0.15, 0.2) is 237 Å². The molecule has 680 valence electrons. The minimum atomic E-state index is -4.66. The molecule has 0 heterocycles. The maximum Gasteiger partial charge on any atom is 0.432 e. The van der Waals surface area contributed by atoms with Gasteiger partial charge in [0.2, 0.25) is 0 Å². The molecule has 16 aromatic carbocycles. The summed E-state index contributed by atoms with van der Waals surface area (Å²) >= 11 is 0. The summed E-state index contributed by atoms with van der Waals surface area (Å²) in [6.07, 6.45) is -20.5. The molecule has 16 rings (SSSR count). The van der Waals surface area contributed by atoms with Crippen molar-refractivity contribution in [1.82, 2.24) is 0 Å². The van der Waals surface area contributed by atoms with E-state index < -0.39 is 134 Å². The van der Waals surface area contributed by atoms with E-state index in [4.69, 9.17) is 4.74 Å². The van der Waals surface area contributed by atoms with Crippen LogP contribution in [-0.4, -0.2) is 0 Å². The lowest BCUT2D eigenvalue weighted by Crippen LogP contribution is -2.25. The van der Waals surface area contributed by atoms with Gasteiger partial charge in [0.05, 0.1) is 22.3 Å². The van der Waals surface area contributed by atoms with E-state index in [9.17, 15) is 79.0 Å². The zero-order valence-electron chi connectivity index (χ0n) is 74.3. The molecule has 0 spiro atoms. The van der Waals surface area contributed by atoms with Crippen molar-refractivity contribution < 1.29 is 102 Å². The molecule has 4 nitrogen and oxygen atoms in total. The Bertz CT molecular complexity index is 6840. The normalized spacial score (nSPS) is 11.9. The van der Waals surface area contributed by atoms with Crippen LogP contribution in [0, 0.1) is 157 Å². The predicted molar refractivity (Wildman–Crippen MR) is 482 cm³/mol. The van der Waals surface area contributed by atoms with Gasteiger partial charge in [-0.2, -0.15) is 48.3 Å². The molecule has 0 aliphatic rings. The highest BCUT2D eigenvalue weighted by molar-refractivity contribution is 5.93. The van der Waals surface area contributed by atoms with Crippen LogP contribution in [0.25, 0.3) is 87.6 Å². The lowest BCUT2D eigenvalue weighted by Gasteiger charge is -2.21. The Morgan fingerprint density at radius 1 is 0.205 bits per heavy atom. The zero-order chi connectivity index (χ0) is 96.2. The molecule has 0 aliphatic carbocycles. The van der Waals surface area contributed by atoms with Gasteiger partial charge in [-0.15, -0.1) is 0 Å². The van der Waals surface area contributed by atoms with Crippen LogP contribution in [0.5, 0.6) is 23.0 Å². The van der Waals surface area contributed by atoms with Crippen LogP contribution in [-0.2, 0) is 30.6 Å². The lowest BCUT2D eigenvalue weighted by molar-refractivity contribution is -0.189. The second kappa shape index (κ2) is 37.4. The summed E-state index contributed by atoms with van der Waals surface area (Å²) in [5.41, 5.74) is 16.5. The number of hydrogen-bond acceptors (Lipinski definition) is 4. The smallest absolute Gasteiger partial charge is 0.429 e. The van der Waals surface area contributed by atoms with E-state index in [0.29, 0.717) is 39.9 Å². The number of benzene rings is 16. The Hall–Kier alpha value is -13.6. The summed E-state index contributed by atoms with van der Waals surface area (Å²) in [4.78, 5) is 0. The number of fused-ring (bicyclic) bond motifs is 4. The van der Waals surface area contributed by atoms with Crippen molar-refractivity contribution in [2.24, 2.45) is 0 Å². The standard InChI is InChI=1S/C28H23F5O.C27H20F6O.2C27H22F4O/c1-16-11-18(3)26(19(4)12-16)22-7-6-21-14-23(9-8-20(21)13-22)28(32,33)34-24-10-5-17(2)25(15-24)27(29,30)31;1-13-7-14(2)24(15(3)8-13)17-5-6-20-18(9-17)10-23(30)25(26(20)31)27(32,33)34-19-11-21(28)16(4)22(29)12-19;2*1-15-9-16(2)26(17(3)10-15)21-6-5-20-12-22(8-7-19(20)11-21)27(30,31)32-23-13-24(28)18(4)25(29)14-23/h5-15H,1-4H3;5-12H,1-4H3;2*5-14H,1-4H3. The summed E-state index contributed by atoms with van der Waals surface area (Å²) < 4.78 is 289. The molecule has 0 amide bonds. The number of alkyl halides is 11. The Morgan fingerprint density at radius 3 is 0.742 bits per heavy atom. The molecule has 0 atom stereocenters. The van der Waals surface area contributed by atoms with E-state index in [-0.39, 0.29) is 27.5 Å². The van der Waals surface area contributed by atoms with Gasteiger partial charge in [-0.1, -0.05) is 144 Å². The molecule has 0 radical (unpaired) electrons. The van der Waals surface area contributed by atoms with E-state index in [2.05, 4.69) is 78.3 Å². The minimum absolute atomic E-state index is 0.0660. The van der Waals surface area contributed by atoms with Crippen molar-refractivity contribution in [1.29, 1.82) is 0 Å². The third-order valence-electron chi connectivity index (χ3n) is 23.0. The maximum absolute atomic E-state index is 15.1. The fourth-order valence-electron chi connectivity index (χ4n) is 16.9. The number of aryl methyl sites for hydroxylation is 13. The monoisotopic (exact) mass is 1820 g/mol. The van der Waals surface area contributed by atoms with Crippen LogP contribution in [0.2, 0.25) is 0 Å². The third kappa shape index (κ3) is 20.9. The first-order valence-corrected chi connectivity index (χ1v) is 41.5. The number of hydrogen-bond donors (Lipinski definition) is 0. The van der Waals surface area contributed by atoms with Gasteiger partial charge in [-0.3, -0.25) is 0 Å². The molecule has 0 fully saturated rings. The van der Waals surface area contributed by atoms with E-state index >= 15 is 4.39 Å². The number of rotatable bonds is 16. The second-order valence-electron chi connectivity index (χ2n) is 33.4. The molecule has 0 N–H and O–H groups in total. The van der Waals surface area contributed by atoms with Gasteiger partial charge in [0, 0.05) is 58.5 Å². The first-order valence-electron chi connectivity index (χ1n) is 41.5. The highest BCUT2D eigenvalue weighted by atomic mass is 19.4. The van der Waals surface area contributed by atoms with Crippen LogP contribution in [0.3, 0.4) is 0 Å². The Balaban J connectivity index is 0.000000150. The Kier molecular flexibility index (Phi) is 27.2. The average Bonchev–Trinajstić information content (AvgIpc) is 0.752. The Labute approximate surface area is 750 Å². The molecule has 132 heavy (non-hydrogen) atoms. The minimum Gasteiger partial charge on any atom is -0.429 e. The number of halogens is 19. The molecular weight excluding hydrogens is 1730 g/mol. The van der Waals surface area contributed by atoms with Gasteiger partial charge in [0.25, 0.3) is 0 Å². The van der Waals surface area contributed by atoms with Crippen molar-refractivity contribution in [2.75, 3.05) is 0 Å². The van der Waals surface area contributed by atoms with Crippen LogP contribution >= 0.6 is 0 Å². The first kappa shape index (κ1) is 96.0. The summed E-state index contributed by atoms with van der Waals surface area (Å²) in [5.74, 6) is -11.7. The lowest BCUT2D eigenvalue weighted by atomic mass is 9.92. The summed E-state index contributed by atoms with van der Waals surface area (Å²) in [6.45, 7) is 29.0. The highest BCUT2D eigenvalue weighted by Gasteiger charge is 2.44. The molecule has 0 aliphatic heterocycles. The largest absolute Gasteiger partial charge is 0.432 e.